The van der Waals surface area contributed by atoms with Crippen molar-refractivity contribution in [2.24, 2.45) is 7.05 Å². The first-order valence-corrected chi connectivity index (χ1v) is 6.87. The molecular weight excluding hydrogens is 300 g/mol. The number of hydrogen-bond donors (Lipinski definition) is 0. The lowest BCUT2D eigenvalue weighted by Gasteiger charge is -2.06. The van der Waals surface area contributed by atoms with Crippen molar-refractivity contribution in [3.63, 3.8) is 0 Å². The lowest BCUT2D eigenvalue weighted by atomic mass is 10.3. The molecule has 0 fully saturated rings. The van der Waals surface area contributed by atoms with E-state index in [0.29, 0.717) is 29.5 Å². The number of hydrogen-bond acceptors (Lipinski definition) is 3. The Morgan fingerprint density at radius 2 is 2.10 bits per heavy atom. The Morgan fingerprint density at radius 3 is 2.76 bits per heavy atom. The van der Waals surface area contributed by atoms with Crippen molar-refractivity contribution >= 4 is 22.6 Å². The fourth-order valence-electron chi connectivity index (χ4n) is 2.25. The van der Waals surface area contributed by atoms with Crippen LogP contribution in [0.15, 0.2) is 18.5 Å². The number of alkyl halides is 1. The van der Waals surface area contributed by atoms with Crippen LogP contribution in [0, 0.1) is 11.6 Å². The van der Waals surface area contributed by atoms with Gasteiger partial charge in [-0.25, -0.2) is 18.7 Å². The summed E-state index contributed by atoms with van der Waals surface area (Å²) in [5.74, 6) is -0.414. The van der Waals surface area contributed by atoms with Crippen LogP contribution in [0.5, 0.6) is 0 Å². The number of aromatic nitrogens is 5. The second-order valence-corrected chi connectivity index (χ2v) is 4.99. The molecule has 0 saturated carbocycles. The average molecular weight is 312 g/mol. The quantitative estimate of drug-likeness (QED) is 0.695. The van der Waals surface area contributed by atoms with Gasteiger partial charge in [-0.3, -0.25) is 4.68 Å². The highest BCUT2D eigenvalue weighted by Gasteiger charge is 2.18. The highest BCUT2D eigenvalue weighted by Crippen LogP contribution is 2.23. The maximum absolute atomic E-state index is 14.1. The van der Waals surface area contributed by atoms with Crippen LogP contribution in [0.4, 0.5) is 8.78 Å². The lowest BCUT2D eigenvalue weighted by Crippen LogP contribution is -2.09. The van der Waals surface area contributed by atoms with E-state index in [-0.39, 0.29) is 12.1 Å². The standard InChI is InChI=1S/C13H12ClF2N5/c1-20-7-17-10(19-20)6-21-11(4-5-14)18-9-3-2-8(15)12(16)13(9)21/h2-3,7H,4-6H2,1H3. The Morgan fingerprint density at radius 1 is 1.29 bits per heavy atom. The Kier molecular flexibility index (Phi) is 3.59. The van der Waals surface area contributed by atoms with E-state index in [0.717, 1.165) is 6.07 Å². The molecule has 3 aromatic rings. The first-order chi connectivity index (χ1) is 10.1. The molecule has 2 aromatic heterocycles. The molecule has 0 atom stereocenters. The molecular formula is C13H12ClF2N5. The summed E-state index contributed by atoms with van der Waals surface area (Å²) in [5, 5.41) is 4.15. The fourth-order valence-corrected chi connectivity index (χ4v) is 2.42. The van der Waals surface area contributed by atoms with E-state index in [1.165, 1.54) is 6.07 Å². The summed E-state index contributed by atoms with van der Waals surface area (Å²) in [6.45, 7) is 0.212. The van der Waals surface area contributed by atoms with Gasteiger partial charge in [-0.05, 0) is 12.1 Å². The topological polar surface area (TPSA) is 48.5 Å². The third-order valence-electron chi connectivity index (χ3n) is 3.14. The molecule has 0 aliphatic heterocycles. The molecule has 1 aromatic carbocycles. The minimum absolute atomic E-state index is 0.113. The van der Waals surface area contributed by atoms with Crippen molar-refractivity contribution in [2.75, 3.05) is 5.88 Å². The molecule has 0 aliphatic rings. The van der Waals surface area contributed by atoms with Gasteiger partial charge in [-0.1, -0.05) is 0 Å². The maximum atomic E-state index is 14.1. The van der Waals surface area contributed by atoms with E-state index in [1.807, 2.05) is 0 Å². The van der Waals surface area contributed by atoms with Gasteiger partial charge in [-0.2, -0.15) is 5.10 Å². The SMILES string of the molecule is Cn1cnc(Cn2c(CCCl)nc3ccc(F)c(F)c32)n1. The summed E-state index contributed by atoms with van der Waals surface area (Å²) in [5.41, 5.74) is 0.507. The Bertz CT molecular complexity index is 795. The largest absolute Gasteiger partial charge is 0.318 e. The molecule has 2 heterocycles. The molecule has 0 amide bonds. The minimum atomic E-state index is -0.920. The van der Waals surface area contributed by atoms with Crippen molar-refractivity contribution in [1.82, 2.24) is 24.3 Å². The Balaban J connectivity index is 2.16. The normalized spacial score (nSPS) is 11.4. The van der Waals surface area contributed by atoms with Crippen LogP contribution in [0.25, 0.3) is 11.0 Å². The van der Waals surface area contributed by atoms with Crippen LogP contribution in [-0.4, -0.2) is 30.2 Å². The van der Waals surface area contributed by atoms with Crippen LogP contribution in [0.3, 0.4) is 0 Å². The van der Waals surface area contributed by atoms with Gasteiger partial charge in [0.25, 0.3) is 0 Å². The van der Waals surface area contributed by atoms with Crippen molar-refractivity contribution in [3.05, 3.63) is 41.7 Å². The minimum Gasteiger partial charge on any atom is -0.318 e. The molecule has 21 heavy (non-hydrogen) atoms. The summed E-state index contributed by atoms with van der Waals surface area (Å²) in [6.07, 6.45) is 2.00. The van der Waals surface area contributed by atoms with Gasteiger partial charge in [0.05, 0.1) is 12.1 Å². The number of imidazole rings is 1. The Labute approximate surface area is 124 Å². The molecule has 5 nitrogen and oxygen atoms in total. The van der Waals surface area contributed by atoms with Crippen LogP contribution < -0.4 is 0 Å². The van der Waals surface area contributed by atoms with E-state index in [4.69, 9.17) is 11.6 Å². The number of fused-ring (bicyclic) bond motifs is 1. The first-order valence-electron chi connectivity index (χ1n) is 6.33. The van der Waals surface area contributed by atoms with E-state index in [1.54, 1.807) is 22.6 Å². The predicted octanol–water partition coefficient (Wildman–Crippen LogP) is 2.27. The molecule has 0 radical (unpaired) electrons. The Hall–Kier alpha value is -2.02. The highest BCUT2D eigenvalue weighted by molar-refractivity contribution is 6.17. The van der Waals surface area contributed by atoms with E-state index in [9.17, 15) is 8.78 Å². The average Bonchev–Trinajstić information content (AvgIpc) is 3.00. The summed E-state index contributed by atoms with van der Waals surface area (Å²) in [4.78, 5) is 8.42. The van der Waals surface area contributed by atoms with Crippen molar-refractivity contribution < 1.29 is 8.78 Å². The summed E-state index contributed by atoms with van der Waals surface area (Å²) in [6, 6.07) is 2.52. The molecule has 8 heteroatoms. The van der Waals surface area contributed by atoms with Crippen molar-refractivity contribution in [3.8, 4) is 0 Å². The zero-order valence-electron chi connectivity index (χ0n) is 11.2. The number of benzene rings is 1. The zero-order chi connectivity index (χ0) is 15.0. The van der Waals surface area contributed by atoms with Crippen molar-refractivity contribution in [2.45, 2.75) is 13.0 Å². The van der Waals surface area contributed by atoms with Gasteiger partial charge in [0.15, 0.2) is 17.5 Å². The van der Waals surface area contributed by atoms with E-state index < -0.39 is 11.6 Å². The monoisotopic (exact) mass is 311 g/mol. The maximum Gasteiger partial charge on any atom is 0.184 e. The van der Waals surface area contributed by atoms with Crippen LogP contribution >= 0.6 is 11.6 Å². The second kappa shape index (κ2) is 5.40. The second-order valence-electron chi connectivity index (χ2n) is 4.62. The van der Waals surface area contributed by atoms with Gasteiger partial charge in [-0.15, -0.1) is 11.6 Å². The molecule has 0 spiro atoms. The number of halogens is 3. The molecule has 110 valence electrons. The van der Waals surface area contributed by atoms with E-state index in [2.05, 4.69) is 15.1 Å². The van der Waals surface area contributed by atoms with Gasteiger partial charge >= 0.3 is 0 Å². The zero-order valence-corrected chi connectivity index (χ0v) is 12.0. The van der Waals surface area contributed by atoms with Crippen LogP contribution in [0.2, 0.25) is 0 Å². The van der Waals surface area contributed by atoms with E-state index >= 15 is 0 Å². The van der Waals surface area contributed by atoms with Crippen molar-refractivity contribution in [1.29, 1.82) is 0 Å². The smallest absolute Gasteiger partial charge is 0.184 e. The van der Waals surface area contributed by atoms with Crippen LogP contribution in [0.1, 0.15) is 11.6 Å². The lowest BCUT2D eigenvalue weighted by molar-refractivity contribution is 0.511. The molecule has 0 unspecified atom stereocenters. The number of nitrogens with zero attached hydrogens (tertiary/aromatic N) is 5. The fraction of sp³-hybridized carbons (Fsp3) is 0.308. The van der Waals surface area contributed by atoms with Crippen LogP contribution in [-0.2, 0) is 20.0 Å². The third kappa shape index (κ3) is 2.49. The number of aryl methyl sites for hydroxylation is 2. The third-order valence-corrected chi connectivity index (χ3v) is 3.33. The molecule has 0 N–H and O–H groups in total. The highest BCUT2D eigenvalue weighted by atomic mass is 35.5. The first kappa shape index (κ1) is 13.9. The number of rotatable bonds is 4. The molecule has 3 rings (SSSR count). The summed E-state index contributed by atoms with van der Waals surface area (Å²) >= 11 is 5.76. The predicted molar refractivity (Wildman–Crippen MR) is 74.2 cm³/mol. The molecule has 0 aliphatic carbocycles. The van der Waals surface area contributed by atoms with Gasteiger partial charge in [0, 0.05) is 19.3 Å². The summed E-state index contributed by atoms with van der Waals surface area (Å²) < 4.78 is 30.7. The van der Waals surface area contributed by atoms with Gasteiger partial charge in [0.1, 0.15) is 17.7 Å². The molecule has 0 saturated heterocycles. The van der Waals surface area contributed by atoms with Gasteiger partial charge < -0.3 is 4.57 Å². The summed E-state index contributed by atoms with van der Waals surface area (Å²) in [7, 11) is 1.74. The molecule has 0 bridgehead atoms. The van der Waals surface area contributed by atoms with Gasteiger partial charge in [0.2, 0.25) is 0 Å².